The average Bonchev–Trinajstić information content (AvgIpc) is 3.01. The van der Waals surface area contributed by atoms with E-state index < -0.39 is 0 Å². The number of ether oxygens (including phenoxy) is 1. The number of aryl methyl sites for hydroxylation is 1. The molecule has 0 aliphatic heterocycles. The summed E-state index contributed by atoms with van der Waals surface area (Å²) in [5.41, 5.74) is 3.30. The Morgan fingerprint density at radius 1 is 1.00 bits per heavy atom. The van der Waals surface area contributed by atoms with Crippen molar-refractivity contribution < 1.29 is 9.13 Å². The van der Waals surface area contributed by atoms with Gasteiger partial charge >= 0.3 is 0 Å². The van der Waals surface area contributed by atoms with Crippen LogP contribution in [0.3, 0.4) is 0 Å². The van der Waals surface area contributed by atoms with Gasteiger partial charge in [0.2, 0.25) is 5.88 Å². The third kappa shape index (κ3) is 2.66. The molecule has 2 heterocycles. The van der Waals surface area contributed by atoms with Gasteiger partial charge in [0, 0.05) is 28.9 Å². The molecule has 2 aromatic heterocycles. The van der Waals surface area contributed by atoms with E-state index in [2.05, 4.69) is 4.98 Å². The number of para-hydroxylation sites is 1. The number of benzene rings is 2. The zero-order valence-corrected chi connectivity index (χ0v) is 14.0. The second kappa shape index (κ2) is 6.06. The molecule has 3 nitrogen and oxygen atoms in total. The number of pyridine rings is 1. The van der Waals surface area contributed by atoms with Crippen molar-refractivity contribution in [1.82, 2.24) is 9.55 Å². The van der Waals surface area contributed by atoms with E-state index >= 15 is 0 Å². The molecule has 0 N–H and O–H groups in total. The summed E-state index contributed by atoms with van der Waals surface area (Å²) in [5, 5.41) is 1.01. The molecular formula is C21H17FN2O. The van der Waals surface area contributed by atoms with Crippen molar-refractivity contribution in [3.63, 3.8) is 0 Å². The van der Waals surface area contributed by atoms with E-state index in [1.165, 1.54) is 6.07 Å². The van der Waals surface area contributed by atoms with Gasteiger partial charge in [-0.3, -0.25) is 9.55 Å². The normalized spacial score (nSPS) is 11.0. The van der Waals surface area contributed by atoms with Gasteiger partial charge in [0.25, 0.3) is 0 Å². The quantitative estimate of drug-likeness (QED) is 0.490. The zero-order valence-electron chi connectivity index (χ0n) is 14.0. The maximum atomic E-state index is 14.0. The summed E-state index contributed by atoms with van der Waals surface area (Å²) in [6.45, 7) is 3.65. The molecule has 0 bridgehead atoms. The van der Waals surface area contributed by atoms with Gasteiger partial charge in [-0.2, -0.15) is 0 Å². The highest BCUT2D eigenvalue weighted by molar-refractivity contribution is 5.83. The Bertz CT molecular complexity index is 1050. The number of hydrogen-bond acceptors (Lipinski definition) is 2. The van der Waals surface area contributed by atoms with E-state index in [1.807, 2.05) is 54.0 Å². The van der Waals surface area contributed by atoms with Gasteiger partial charge in [-0.15, -0.1) is 0 Å². The molecule has 0 saturated heterocycles. The molecule has 0 radical (unpaired) electrons. The molecule has 0 amide bonds. The molecule has 0 aliphatic carbocycles. The van der Waals surface area contributed by atoms with Crippen LogP contribution in [0.1, 0.15) is 11.1 Å². The molecule has 4 aromatic rings. The maximum absolute atomic E-state index is 14.0. The molecule has 25 heavy (non-hydrogen) atoms. The smallest absolute Gasteiger partial charge is 0.205 e. The maximum Gasteiger partial charge on any atom is 0.205 e. The summed E-state index contributed by atoms with van der Waals surface area (Å²) in [6.07, 6.45) is 3.56. The first-order valence-electron chi connectivity index (χ1n) is 8.09. The van der Waals surface area contributed by atoms with Crippen molar-refractivity contribution in [2.24, 2.45) is 0 Å². The van der Waals surface area contributed by atoms with Crippen LogP contribution in [-0.4, -0.2) is 9.55 Å². The van der Waals surface area contributed by atoms with Gasteiger partial charge in [-0.1, -0.05) is 24.3 Å². The molecule has 124 valence electrons. The van der Waals surface area contributed by atoms with E-state index in [4.69, 9.17) is 4.74 Å². The highest BCUT2D eigenvalue weighted by Crippen LogP contribution is 2.35. The van der Waals surface area contributed by atoms with E-state index in [0.717, 1.165) is 22.2 Å². The molecule has 2 aromatic carbocycles. The van der Waals surface area contributed by atoms with Gasteiger partial charge in [-0.25, -0.2) is 4.39 Å². The Balaban J connectivity index is 1.93. The summed E-state index contributed by atoms with van der Waals surface area (Å²) in [4.78, 5) is 4.23. The van der Waals surface area contributed by atoms with Crippen LogP contribution in [0, 0.1) is 19.7 Å². The molecular weight excluding hydrogens is 315 g/mol. The average molecular weight is 332 g/mol. The van der Waals surface area contributed by atoms with Gasteiger partial charge in [0.05, 0.1) is 11.7 Å². The third-order valence-electron chi connectivity index (χ3n) is 4.33. The van der Waals surface area contributed by atoms with Crippen LogP contribution in [-0.2, 0) is 0 Å². The topological polar surface area (TPSA) is 27.1 Å². The van der Waals surface area contributed by atoms with Gasteiger partial charge in [-0.05, 0) is 43.7 Å². The Hall–Kier alpha value is -3.14. The largest absolute Gasteiger partial charge is 0.440 e. The van der Waals surface area contributed by atoms with Crippen molar-refractivity contribution in [2.45, 2.75) is 13.8 Å². The van der Waals surface area contributed by atoms with Crippen LogP contribution in [0.25, 0.3) is 16.6 Å². The van der Waals surface area contributed by atoms with Crippen LogP contribution >= 0.6 is 0 Å². The summed E-state index contributed by atoms with van der Waals surface area (Å²) in [5.74, 6) is 0.906. The molecule has 0 saturated carbocycles. The number of hydrogen-bond donors (Lipinski definition) is 0. The first-order valence-corrected chi connectivity index (χ1v) is 8.09. The first kappa shape index (κ1) is 15.4. The number of nitrogens with zero attached hydrogens (tertiary/aromatic N) is 2. The Morgan fingerprint density at radius 3 is 2.60 bits per heavy atom. The molecule has 0 spiro atoms. The minimum Gasteiger partial charge on any atom is -0.440 e. The molecule has 0 unspecified atom stereocenters. The fourth-order valence-corrected chi connectivity index (χ4v) is 3.01. The van der Waals surface area contributed by atoms with E-state index in [9.17, 15) is 4.39 Å². The minimum absolute atomic E-state index is 0.273. The number of halogens is 1. The lowest BCUT2D eigenvalue weighted by Crippen LogP contribution is -2.00. The van der Waals surface area contributed by atoms with Gasteiger partial charge in [0.15, 0.2) is 0 Å². The van der Waals surface area contributed by atoms with Gasteiger partial charge in [0.1, 0.15) is 11.6 Å². The van der Waals surface area contributed by atoms with Crippen LogP contribution < -0.4 is 4.74 Å². The Kier molecular flexibility index (Phi) is 3.73. The Morgan fingerprint density at radius 2 is 1.80 bits per heavy atom. The van der Waals surface area contributed by atoms with Crippen LogP contribution in [0.15, 0.2) is 67.0 Å². The SMILES string of the molecule is Cc1ccc(F)c(C)c1Oc1cc2ccncc2n1-c1ccccc1. The lowest BCUT2D eigenvalue weighted by Gasteiger charge is -2.15. The summed E-state index contributed by atoms with van der Waals surface area (Å²) in [6, 6.07) is 17.0. The molecule has 0 atom stereocenters. The predicted octanol–water partition coefficient (Wildman–Crippen LogP) is 5.57. The number of aromatic nitrogens is 2. The van der Waals surface area contributed by atoms with Crippen LogP contribution in [0.4, 0.5) is 4.39 Å². The standard InChI is InChI=1S/C21H17FN2O/c1-14-8-9-18(22)15(2)21(14)25-20-12-16-10-11-23-13-19(16)24(20)17-6-4-3-5-7-17/h3-13H,1-2H3. The molecule has 4 heteroatoms. The van der Waals surface area contributed by atoms with E-state index in [0.29, 0.717) is 17.2 Å². The summed E-state index contributed by atoms with van der Waals surface area (Å²) < 4.78 is 22.2. The summed E-state index contributed by atoms with van der Waals surface area (Å²) >= 11 is 0. The van der Waals surface area contributed by atoms with E-state index in [1.54, 1.807) is 25.4 Å². The molecule has 4 rings (SSSR count). The van der Waals surface area contributed by atoms with Crippen LogP contribution in [0.2, 0.25) is 0 Å². The van der Waals surface area contributed by atoms with Crippen molar-refractivity contribution in [2.75, 3.05) is 0 Å². The lowest BCUT2D eigenvalue weighted by atomic mass is 10.1. The van der Waals surface area contributed by atoms with Crippen molar-refractivity contribution in [3.05, 3.63) is 83.9 Å². The van der Waals surface area contributed by atoms with Gasteiger partial charge < -0.3 is 4.74 Å². The number of fused-ring (bicyclic) bond motifs is 1. The Labute approximate surface area is 145 Å². The molecule has 0 fully saturated rings. The fraction of sp³-hybridized carbons (Fsp3) is 0.0952. The fourth-order valence-electron chi connectivity index (χ4n) is 3.01. The predicted molar refractivity (Wildman–Crippen MR) is 97.0 cm³/mol. The van der Waals surface area contributed by atoms with Crippen LogP contribution in [0.5, 0.6) is 11.6 Å². The first-order chi connectivity index (χ1) is 12.1. The van der Waals surface area contributed by atoms with Crippen molar-refractivity contribution >= 4 is 10.9 Å². The number of rotatable bonds is 3. The second-order valence-electron chi connectivity index (χ2n) is 6.01. The molecule has 0 aliphatic rings. The monoisotopic (exact) mass is 332 g/mol. The third-order valence-corrected chi connectivity index (χ3v) is 4.33. The lowest BCUT2D eigenvalue weighted by molar-refractivity contribution is 0.443. The highest BCUT2D eigenvalue weighted by Gasteiger charge is 2.16. The van der Waals surface area contributed by atoms with E-state index in [-0.39, 0.29) is 5.82 Å². The zero-order chi connectivity index (χ0) is 17.4. The minimum atomic E-state index is -0.273. The second-order valence-corrected chi connectivity index (χ2v) is 6.01. The highest BCUT2D eigenvalue weighted by atomic mass is 19.1. The van der Waals surface area contributed by atoms with Crippen molar-refractivity contribution in [1.29, 1.82) is 0 Å². The van der Waals surface area contributed by atoms with Crippen molar-refractivity contribution in [3.8, 4) is 17.3 Å². The summed E-state index contributed by atoms with van der Waals surface area (Å²) in [7, 11) is 0.